The smallest absolute Gasteiger partial charge is 0.294 e. The van der Waals surface area contributed by atoms with E-state index in [0.29, 0.717) is 10.6 Å². The van der Waals surface area contributed by atoms with E-state index in [9.17, 15) is 18.8 Å². The molecule has 0 bridgehead atoms. The van der Waals surface area contributed by atoms with Crippen molar-refractivity contribution in [1.29, 1.82) is 0 Å². The molecule has 1 saturated carbocycles. The zero-order chi connectivity index (χ0) is 17.1. The molecule has 7 heteroatoms. The van der Waals surface area contributed by atoms with Crippen molar-refractivity contribution in [3.05, 3.63) is 40.6 Å². The highest BCUT2D eigenvalue weighted by Gasteiger charge is 2.38. The first-order valence-corrected chi connectivity index (χ1v) is 8.67. The number of halogens is 1. The number of imide groups is 1. The number of hydrogen-bond donors (Lipinski definition) is 1. The fourth-order valence-electron chi connectivity index (χ4n) is 2.83. The van der Waals surface area contributed by atoms with Gasteiger partial charge in [-0.25, -0.2) is 4.39 Å². The minimum Gasteiger partial charge on any atom is -0.325 e. The zero-order valence-electron chi connectivity index (χ0n) is 13.0. The van der Waals surface area contributed by atoms with Gasteiger partial charge in [0, 0.05) is 5.69 Å². The molecule has 0 aromatic heterocycles. The minimum atomic E-state index is -0.487. The largest absolute Gasteiger partial charge is 0.325 e. The molecule has 0 atom stereocenters. The summed E-state index contributed by atoms with van der Waals surface area (Å²) in [5, 5.41) is 2.14. The average Bonchev–Trinajstić information content (AvgIpc) is 2.86. The number of nitrogens with zero attached hydrogens (tertiary/aromatic N) is 1. The highest BCUT2D eigenvalue weighted by molar-refractivity contribution is 8.18. The molecule has 1 aromatic carbocycles. The molecule has 2 aliphatic rings. The van der Waals surface area contributed by atoms with E-state index in [0.717, 1.165) is 54.3 Å². The average molecular weight is 348 g/mol. The fraction of sp³-hybridized carbons (Fsp3) is 0.353. The maximum Gasteiger partial charge on any atom is 0.294 e. The van der Waals surface area contributed by atoms with E-state index in [1.54, 1.807) is 0 Å². The fourth-order valence-corrected chi connectivity index (χ4v) is 3.81. The summed E-state index contributed by atoms with van der Waals surface area (Å²) in [6.07, 6.45) is 4.90. The van der Waals surface area contributed by atoms with E-state index in [-0.39, 0.29) is 12.5 Å². The predicted octanol–water partition coefficient (Wildman–Crippen LogP) is 3.68. The molecule has 1 aromatic rings. The SMILES string of the molecule is O=C(CN1C(=O)SC(=C2CCCCC2)C1=O)Nc1ccc(F)cc1. The third-order valence-electron chi connectivity index (χ3n) is 4.06. The number of anilines is 1. The van der Waals surface area contributed by atoms with Gasteiger partial charge in [-0.3, -0.25) is 19.3 Å². The topological polar surface area (TPSA) is 66.5 Å². The second-order valence-electron chi connectivity index (χ2n) is 5.81. The Kier molecular flexibility index (Phi) is 4.99. The minimum absolute atomic E-state index is 0.335. The van der Waals surface area contributed by atoms with Crippen LogP contribution in [0.15, 0.2) is 34.7 Å². The van der Waals surface area contributed by atoms with Gasteiger partial charge in [0.15, 0.2) is 0 Å². The molecule has 2 fully saturated rings. The van der Waals surface area contributed by atoms with Crippen molar-refractivity contribution >= 4 is 34.5 Å². The summed E-state index contributed by atoms with van der Waals surface area (Å²) in [6, 6.07) is 5.29. The molecule has 0 unspecified atom stereocenters. The number of benzene rings is 1. The van der Waals surface area contributed by atoms with E-state index in [1.807, 2.05) is 0 Å². The van der Waals surface area contributed by atoms with E-state index in [4.69, 9.17) is 0 Å². The van der Waals surface area contributed by atoms with Gasteiger partial charge in [0.25, 0.3) is 11.1 Å². The third-order valence-corrected chi connectivity index (χ3v) is 5.12. The molecule has 24 heavy (non-hydrogen) atoms. The van der Waals surface area contributed by atoms with E-state index < -0.39 is 17.0 Å². The molecule has 1 saturated heterocycles. The molecule has 1 heterocycles. The van der Waals surface area contributed by atoms with Gasteiger partial charge < -0.3 is 5.32 Å². The Morgan fingerprint density at radius 3 is 2.46 bits per heavy atom. The summed E-state index contributed by atoms with van der Waals surface area (Å²) < 4.78 is 12.9. The summed E-state index contributed by atoms with van der Waals surface area (Å²) in [7, 11) is 0. The van der Waals surface area contributed by atoms with Gasteiger partial charge in [0.2, 0.25) is 5.91 Å². The van der Waals surface area contributed by atoms with Crippen molar-refractivity contribution in [2.75, 3.05) is 11.9 Å². The predicted molar refractivity (Wildman–Crippen MR) is 89.8 cm³/mol. The number of carbonyl (C=O) groups is 3. The van der Waals surface area contributed by atoms with Crippen LogP contribution in [-0.2, 0) is 9.59 Å². The zero-order valence-corrected chi connectivity index (χ0v) is 13.8. The van der Waals surface area contributed by atoms with Crippen molar-refractivity contribution in [3.63, 3.8) is 0 Å². The number of amides is 3. The Morgan fingerprint density at radius 1 is 1.12 bits per heavy atom. The maximum atomic E-state index is 12.9. The van der Waals surface area contributed by atoms with Crippen LogP contribution >= 0.6 is 11.8 Å². The summed E-state index contributed by atoms with van der Waals surface area (Å²) in [5.41, 5.74) is 1.45. The molecule has 1 aliphatic carbocycles. The van der Waals surface area contributed by atoms with E-state index in [2.05, 4.69) is 5.32 Å². The lowest BCUT2D eigenvalue weighted by atomic mass is 9.94. The number of nitrogens with one attached hydrogen (secondary N) is 1. The molecular formula is C17H17FN2O3S. The summed E-state index contributed by atoms with van der Waals surface area (Å²) in [6.45, 7) is -0.335. The first kappa shape index (κ1) is 16.7. The Balaban J connectivity index is 1.66. The van der Waals surface area contributed by atoms with Crippen LogP contribution in [0.5, 0.6) is 0 Å². The van der Waals surface area contributed by atoms with Crippen molar-refractivity contribution in [3.8, 4) is 0 Å². The van der Waals surface area contributed by atoms with Crippen molar-refractivity contribution in [2.45, 2.75) is 32.1 Å². The molecule has 0 spiro atoms. The Labute approximate surface area is 143 Å². The molecule has 5 nitrogen and oxygen atoms in total. The molecule has 1 aliphatic heterocycles. The van der Waals surface area contributed by atoms with Gasteiger partial charge >= 0.3 is 0 Å². The molecule has 0 radical (unpaired) electrons. The van der Waals surface area contributed by atoms with Crippen molar-refractivity contribution in [1.82, 2.24) is 4.90 Å². The van der Waals surface area contributed by atoms with Crippen molar-refractivity contribution in [2.24, 2.45) is 0 Å². The van der Waals surface area contributed by atoms with E-state index >= 15 is 0 Å². The number of hydrogen-bond acceptors (Lipinski definition) is 4. The second-order valence-corrected chi connectivity index (χ2v) is 6.77. The summed E-state index contributed by atoms with van der Waals surface area (Å²) in [4.78, 5) is 38.0. The first-order chi connectivity index (χ1) is 11.5. The highest BCUT2D eigenvalue weighted by Crippen LogP contribution is 2.38. The van der Waals surface area contributed by atoms with Gasteiger partial charge in [-0.2, -0.15) is 0 Å². The number of thioether (sulfide) groups is 1. The van der Waals surface area contributed by atoms with Crippen molar-refractivity contribution < 1.29 is 18.8 Å². The van der Waals surface area contributed by atoms with Gasteiger partial charge in [-0.1, -0.05) is 12.0 Å². The second kappa shape index (κ2) is 7.17. The standard InChI is InChI=1S/C17H17FN2O3S/c18-12-6-8-13(9-7-12)19-14(21)10-20-16(22)15(24-17(20)23)11-4-2-1-3-5-11/h6-9H,1-5,10H2,(H,19,21). The first-order valence-electron chi connectivity index (χ1n) is 7.86. The quantitative estimate of drug-likeness (QED) is 0.846. The maximum absolute atomic E-state index is 12.9. The Morgan fingerprint density at radius 2 is 1.79 bits per heavy atom. The Hall–Kier alpha value is -2.15. The monoisotopic (exact) mass is 348 g/mol. The lowest BCUT2D eigenvalue weighted by Crippen LogP contribution is -2.36. The normalized spacial score (nSPS) is 18.3. The summed E-state index contributed by atoms with van der Waals surface area (Å²) >= 11 is 0.926. The Bertz CT molecular complexity index is 707. The molecule has 3 amide bonds. The highest BCUT2D eigenvalue weighted by atomic mass is 32.2. The molecule has 3 rings (SSSR count). The lowest BCUT2D eigenvalue weighted by Gasteiger charge is -2.16. The van der Waals surface area contributed by atoms with Gasteiger partial charge in [-0.05, 0) is 61.7 Å². The molecule has 126 valence electrons. The van der Waals surface area contributed by atoms with Gasteiger partial charge in [0.05, 0.1) is 4.91 Å². The van der Waals surface area contributed by atoms with E-state index in [1.165, 1.54) is 24.3 Å². The van der Waals surface area contributed by atoms with Crippen LogP contribution in [0.1, 0.15) is 32.1 Å². The molecule has 1 N–H and O–H groups in total. The molecular weight excluding hydrogens is 331 g/mol. The van der Waals surface area contributed by atoms with Gasteiger partial charge in [0.1, 0.15) is 12.4 Å². The van der Waals surface area contributed by atoms with Crippen LogP contribution in [0.4, 0.5) is 14.9 Å². The number of allylic oxidation sites excluding steroid dienone is 1. The number of carbonyl (C=O) groups excluding carboxylic acids is 3. The van der Waals surface area contributed by atoms with Crippen LogP contribution in [0.2, 0.25) is 0 Å². The lowest BCUT2D eigenvalue weighted by molar-refractivity contribution is -0.127. The third kappa shape index (κ3) is 3.67. The number of rotatable bonds is 3. The van der Waals surface area contributed by atoms with Crippen LogP contribution in [0.3, 0.4) is 0 Å². The summed E-state index contributed by atoms with van der Waals surface area (Å²) in [5.74, 6) is -1.27. The van der Waals surface area contributed by atoms with Crippen LogP contribution in [-0.4, -0.2) is 28.5 Å². The van der Waals surface area contributed by atoms with Gasteiger partial charge in [-0.15, -0.1) is 0 Å². The van der Waals surface area contributed by atoms with Crippen LogP contribution in [0, 0.1) is 5.82 Å². The van der Waals surface area contributed by atoms with Crippen LogP contribution in [0.25, 0.3) is 0 Å². The van der Waals surface area contributed by atoms with Crippen LogP contribution < -0.4 is 5.32 Å².